The number of sulfonamides is 1. The molecule has 0 radical (unpaired) electrons. The summed E-state index contributed by atoms with van der Waals surface area (Å²) in [4.78, 5) is 12.5. The van der Waals surface area contributed by atoms with Crippen molar-refractivity contribution in [1.82, 2.24) is 4.31 Å². The lowest BCUT2D eigenvalue weighted by molar-refractivity contribution is -0.111. The molecule has 1 amide bonds. The van der Waals surface area contributed by atoms with Crippen molar-refractivity contribution in [2.24, 2.45) is 5.92 Å². The predicted molar refractivity (Wildman–Crippen MR) is 117 cm³/mol. The monoisotopic (exact) mass is 426 g/mol. The first-order valence-corrected chi connectivity index (χ1v) is 11.7. The maximum absolute atomic E-state index is 12.8. The summed E-state index contributed by atoms with van der Waals surface area (Å²) < 4.78 is 32.7. The maximum atomic E-state index is 12.8. The average molecular weight is 427 g/mol. The van der Waals surface area contributed by atoms with Crippen LogP contribution in [0.15, 0.2) is 53.4 Å². The zero-order valence-electron chi connectivity index (χ0n) is 17.0. The van der Waals surface area contributed by atoms with Crippen molar-refractivity contribution in [3.05, 3.63) is 59.7 Å². The first-order chi connectivity index (χ1) is 14.4. The van der Waals surface area contributed by atoms with E-state index in [4.69, 9.17) is 4.74 Å². The standard InChI is InChI=1S/C23H26N2O4S/c1-17-3-2-13-25(16-17)30(27,28)21-8-6-20(7-9-21)24-23(26)11-5-18-4-10-22-19(15-18)12-14-29-22/h4-11,15,17H,2-3,12-14,16H2,1H3,(H,24,26)/b11-5+. The van der Waals surface area contributed by atoms with Crippen molar-refractivity contribution in [3.63, 3.8) is 0 Å². The van der Waals surface area contributed by atoms with E-state index in [2.05, 4.69) is 12.2 Å². The first kappa shape index (κ1) is 20.6. The van der Waals surface area contributed by atoms with Crippen LogP contribution >= 0.6 is 0 Å². The fourth-order valence-corrected chi connectivity index (χ4v) is 5.49. The van der Waals surface area contributed by atoms with Gasteiger partial charge in [0.15, 0.2) is 0 Å². The summed E-state index contributed by atoms with van der Waals surface area (Å²) in [5, 5.41) is 2.77. The number of benzene rings is 2. The van der Waals surface area contributed by atoms with Gasteiger partial charge in [0.05, 0.1) is 11.5 Å². The summed E-state index contributed by atoms with van der Waals surface area (Å²) in [6.07, 6.45) is 6.05. The van der Waals surface area contributed by atoms with Gasteiger partial charge < -0.3 is 10.1 Å². The van der Waals surface area contributed by atoms with E-state index in [1.807, 2.05) is 18.2 Å². The smallest absolute Gasteiger partial charge is 0.248 e. The molecule has 0 bridgehead atoms. The molecule has 2 heterocycles. The number of piperidine rings is 1. The highest BCUT2D eigenvalue weighted by molar-refractivity contribution is 7.89. The van der Waals surface area contributed by atoms with Gasteiger partial charge in [-0.2, -0.15) is 4.31 Å². The van der Waals surface area contributed by atoms with E-state index in [-0.39, 0.29) is 10.8 Å². The van der Waals surface area contributed by atoms with Crippen molar-refractivity contribution in [1.29, 1.82) is 0 Å². The van der Waals surface area contributed by atoms with E-state index < -0.39 is 10.0 Å². The number of hydrogen-bond acceptors (Lipinski definition) is 4. The molecular formula is C23H26N2O4S. The molecule has 7 heteroatoms. The van der Waals surface area contributed by atoms with Gasteiger partial charge in [0, 0.05) is 31.3 Å². The van der Waals surface area contributed by atoms with Gasteiger partial charge in [-0.15, -0.1) is 0 Å². The van der Waals surface area contributed by atoms with Crippen LogP contribution in [0.2, 0.25) is 0 Å². The molecule has 0 spiro atoms. The third-order valence-electron chi connectivity index (χ3n) is 5.52. The third kappa shape index (κ3) is 4.57. The van der Waals surface area contributed by atoms with Gasteiger partial charge in [0.25, 0.3) is 0 Å². The third-order valence-corrected chi connectivity index (χ3v) is 7.40. The molecule has 1 fully saturated rings. The molecule has 6 nitrogen and oxygen atoms in total. The highest BCUT2D eigenvalue weighted by atomic mass is 32.2. The van der Waals surface area contributed by atoms with E-state index in [1.165, 1.54) is 6.08 Å². The van der Waals surface area contributed by atoms with E-state index in [9.17, 15) is 13.2 Å². The molecule has 1 atom stereocenters. The van der Waals surface area contributed by atoms with Gasteiger partial charge in [0.1, 0.15) is 5.75 Å². The number of nitrogens with one attached hydrogen (secondary N) is 1. The van der Waals surface area contributed by atoms with E-state index in [0.717, 1.165) is 36.1 Å². The van der Waals surface area contributed by atoms with Gasteiger partial charge in [-0.1, -0.05) is 13.0 Å². The number of ether oxygens (including phenoxy) is 1. The second kappa shape index (κ2) is 8.62. The number of anilines is 1. The van der Waals surface area contributed by atoms with Gasteiger partial charge >= 0.3 is 0 Å². The minimum absolute atomic E-state index is 0.255. The van der Waals surface area contributed by atoms with Gasteiger partial charge in [-0.25, -0.2) is 8.42 Å². The molecule has 1 saturated heterocycles. The Morgan fingerprint density at radius 2 is 2.00 bits per heavy atom. The lowest BCUT2D eigenvalue weighted by Crippen LogP contribution is -2.39. The summed E-state index contributed by atoms with van der Waals surface area (Å²) in [7, 11) is -3.50. The first-order valence-electron chi connectivity index (χ1n) is 10.3. The van der Waals surface area contributed by atoms with Crippen LogP contribution < -0.4 is 10.1 Å². The van der Waals surface area contributed by atoms with E-state index >= 15 is 0 Å². The number of carbonyl (C=O) groups excluding carboxylic acids is 1. The minimum atomic E-state index is -3.50. The highest BCUT2D eigenvalue weighted by Crippen LogP contribution is 2.26. The Kier molecular flexibility index (Phi) is 5.92. The fraction of sp³-hybridized carbons (Fsp3) is 0.348. The molecule has 0 aromatic heterocycles. The van der Waals surface area contributed by atoms with Gasteiger partial charge in [-0.05, 0) is 72.4 Å². The number of carbonyl (C=O) groups is 1. The summed E-state index contributed by atoms with van der Waals surface area (Å²) >= 11 is 0. The van der Waals surface area contributed by atoms with Crippen LogP contribution in [0.1, 0.15) is 30.9 Å². The Morgan fingerprint density at radius 3 is 2.77 bits per heavy atom. The molecule has 1 N–H and O–H groups in total. The van der Waals surface area contributed by atoms with Crippen molar-refractivity contribution >= 4 is 27.7 Å². The Labute approximate surface area is 177 Å². The highest BCUT2D eigenvalue weighted by Gasteiger charge is 2.28. The molecule has 0 aliphatic carbocycles. The number of hydrogen-bond donors (Lipinski definition) is 1. The zero-order valence-corrected chi connectivity index (χ0v) is 17.8. The lowest BCUT2D eigenvalue weighted by atomic mass is 10.0. The van der Waals surface area contributed by atoms with E-state index in [0.29, 0.717) is 31.3 Å². The quantitative estimate of drug-likeness (QED) is 0.740. The lowest BCUT2D eigenvalue weighted by Gasteiger charge is -2.30. The van der Waals surface area contributed by atoms with E-state index in [1.54, 1.807) is 34.6 Å². The Morgan fingerprint density at radius 1 is 1.20 bits per heavy atom. The Balaban J connectivity index is 1.39. The fourth-order valence-electron chi connectivity index (χ4n) is 3.89. The van der Waals surface area contributed by atoms with Crippen LogP contribution in [-0.2, 0) is 21.2 Å². The largest absolute Gasteiger partial charge is 0.493 e. The molecule has 1 unspecified atom stereocenters. The van der Waals surface area contributed by atoms with Gasteiger partial charge in [0.2, 0.25) is 15.9 Å². The molecule has 4 rings (SSSR count). The summed E-state index contributed by atoms with van der Waals surface area (Å²) in [5.41, 5.74) is 2.64. The van der Waals surface area contributed by atoms with Crippen molar-refractivity contribution in [3.8, 4) is 5.75 Å². The number of rotatable bonds is 5. The average Bonchev–Trinajstić information content (AvgIpc) is 3.20. The Hall–Kier alpha value is -2.64. The van der Waals surface area contributed by atoms with Gasteiger partial charge in [-0.3, -0.25) is 4.79 Å². The SMILES string of the molecule is CC1CCCN(S(=O)(=O)c2ccc(NC(=O)/C=C/c3ccc4c(c3)CCO4)cc2)C1. The molecule has 0 saturated carbocycles. The molecule has 30 heavy (non-hydrogen) atoms. The van der Waals surface area contributed by atoms with Crippen LogP contribution in [-0.4, -0.2) is 38.3 Å². The van der Waals surface area contributed by atoms with Crippen molar-refractivity contribution in [2.75, 3.05) is 25.0 Å². The molecule has 2 aromatic rings. The van der Waals surface area contributed by atoms with Crippen LogP contribution in [0.4, 0.5) is 5.69 Å². The molecule has 2 aliphatic heterocycles. The van der Waals surface area contributed by atoms with Crippen molar-refractivity contribution in [2.45, 2.75) is 31.1 Å². The molecule has 2 aliphatic rings. The molecule has 158 valence electrons. The van der Waals surface area contributed by atoms with Crippen LogP contribution in [0.3, 0.4) is 0 Å². The predicted octanol–water partition coefficient (Wildman–Crippen LogP) is 3.69. The second-order valence-electron chi connectivity index (χ2n) is 7.92. The maximum Gasteiger partial charge on any atom is 0.248 e. The summed E-state index contributed by atoms with van der Waals surface area (Å²) in [6, 6.07) is 12.2. The number of nitrogens with zero attached hydrogens (tertiary/aromatic N) is 1. The molecule has 2 aromatic carbocycles. The second-order valence-corrected chi connectivity index (χ2v) is 9.86. The normalized spacial score (nSPS) is 19.4. The van der Waals surface area contributed by atoms with Crippen molar-refractivity contribution < 1.29 is 17.9 Å². The minimum Gasteiger partial charge on any atom is -0.493 e. The molecular weight excluding hydrogens is 400 g/mol. The number of amides is 1. The number of fused-ring (bicyclic) bond motifs is 1. The topological polar surface area (TPSA) is 75.7 Å². The Bertz CT molecular complexity index is 1060. The summed E-state index contributed by atoms with van der Waals surface area (Å²) in [5.74, 6) is 1.01. The zero-order chi connectivity index (χ0) is 21.1. The van der Waals surface area contributed by atoms with Crippen LogP contribution in [0, 0.1) is 5.92 Å². The van der Waals surface area contributed by atoms with Crippen LogP contribution in [0.25, 0.3) is 6.08 Å². The van der Waals surface area contributed by atoms with Crippen LogP contribution in [0.5, 0.6) is 5.75 Å². The summed E-state index contributed by atoms with van der Waals surface area (Å²) in [6.45, 7) is 3.89.